The van der Waals surface area contributed by atoms with E-state index in [0.29, 0.717) is 12.8 Å². The zero-order valence-electron chi connectivity index (χ0n) is 37.0. The highest BCUT2D eigenvalue weighted by Gasteiger charge is 2.25. The van der Waals surface area contributed by atoms with Crippen molar-refractivity contribution in [2.24, 2.45) is 0 Å². The summed E-state index contributed by atoms with van der Waals surface area (Å²) in [5.74, 6) is -1.79. The molecule has 0 bridgehead atoms. The van der Waals surface area contributed by atoms with Crippen LogP contribution in [0.3, 0.4) is 0 Å². The Labute approximate surface area is 349 Å². The molecule has 2 atom stereocenters. The Kier molecular flexibility index (Phi) is 37.3. The third kappa shape index (κ3) is 38.1. The largest absolute Gasteiger partial charge is 0.544 e. The summed E-state index contributed by atoms with van der Waals surface area (Å²) in [7, 11) is 5.39. The van der Waals surface area contributed by atoms with E-state index in [0.717, 1.165) is 51.4 Å². The number of rotatable bonds is 39. The van der Waals surface area contributed by atoms with E-state index in [2.05, 4.69) is 26.0 Å². The number of hydrogen-bond donors (Lipinski definition) is 0. The molecule has 0 amide bonds. The van der Waals surface area contributed by atoms with Gasteiger partial charge in [-0.2, -0.15) is 0 Å². The minimum Gasteiger partial charge on any atom is -0.544 e. The fourth-order valence-corrected chi connectivity index (χ4v) is 6.28. The number of hydrogen-bond acceptors (Lipinski definition) is 7. The molecule has 0 aliphatic rings. The monoisotopic (exact) mass is 798 g/mol. The molecular formula is C49H83NO7. The molecule has 0 aliphatic carbocycles. The van der Waals surface area contributed by atoms with Gasteiger partial charge in [0.15, 0.2) is 6.10 Å². The van der Waals surface area contributed by atoms with Crippen LogP contribution in [0.5, 0.6) is 0 Å². The summed E-state index contributed by atoms with van der Waals surface area (Å²) in [5.41, 5.74) is 0. The van der Waals surface area contributed by atoms with Gasteiger partial charge in [0.2, 0.25) is 0 Å². The van der Waals surface area contributed by atoms with Crippen LogP contribution in [-0.2, 0) is 28.6 Å². The molecule has 0 aliphatic heterocycles. The first-order valence-corrected chi connectivity index (χ1v) is 22.5. The maximum atomic E-state index is 12.7. The average molecular weight is 798 g/mol. The van der Waals surface area contributed by atoms with E-state index in [9.17, 15) is 19.5 Å². The van der Waals surface area contributed by atoms with Crippen LogP contribution in [0.15, 0.2) is 72.9 Å². The Morgan fingerprint density at radius 3 is 1.46 bits per heavy atom. The van der Waals surface area contributed by atoms with Crippen molar-refractivity contribution in [1.82, 2.24) is 0 Å². The zero-order chi connectivity index (χ0) is 42.1. The van der Waals surface area contributed by atoms with Gasteiger partial charge >= 0.3 is 11.9 Å². The normalized spacial score (nSPS) is 13.6. The van der Waals surface area contributed by atoms with E-state index in [1.54, 1.807) is 21.1 Å². The second-order valence-corrected chi connectivity index (χ2v) is 16.1. The third-order valence-electron chi connectivity index (χ3n) is 9.77. The van der Waals surface area contributed by atoms with E-state index < -0.39 is 18.1 Å². The summed E-state index contributed by atoms with van der Waals surface area (Å²) in [6.07, 6.45) is 49.2. The van der Waals surface area contributed by atoms with Crippen molar-refractivity contribution in [3.05, 3.63) is 72.9 Å². The highest BCUT2D eigenvalue weighted by atomic mass is 16.6. The summed E-state index contributed by atoms with van der Waals surface area (Å²) < 4.78 is 17.1. The van der Waals surface area contributed by atoms with Gasteiger partial charge in [0.25, 0.3) is 0 Å². The predicted octanol–water partition coefficient (Wildman–Crippen LogP) is 11.0. The first-order valence-electron chi connectivity index (χ1n) is 22.5. The number of carboxylic acids is 1. The van der Waals surface area contributed by atoms with E-state index >= 15 is 0 Å². The first-order chi connectivity index (χ1) is 27.6. The average Bonchev–Trinajstić information content (AvgIpc) is 3.17. The Morgan fingerprint density at radius 1 is 0.544 bits per heavy atom. The maximum Gasteiger partial charge on any atom is 0.306 e. The third-order valence-corrected chi connectivity index (χ3v) is 9.77. The van der Waals surface area contributed by atoms with Crippen LogP contribution in [0.1, 0.15) is 168 Å². The summed E-state index contributed by atoms with van der Waals surface area (Å²) >= 11 is 0. The molecule has 326 valence electrons. The first kappa shape index (κ1) is 53.8. The summed E-state index contributed by atoms with van der Waals surface area (Å²) in [4.78, 5) is 36.9. The topological polar surface area (TPSA) is 102 Å². The van der Waals surface area contributed by atoms with Crippen LogP contribution >= 0.6 is 0 Å². The highest BCUT2D eigenvalue weighted by Crippen LogP contribution is 2.15. The predicted molar refractivity (Wildman–Crippen MR) is 235 cm³/mol. The molecule has 0 aromatic rings. The number of nitrogens with zero attached hydrogens (tertiary/aromatic N) is 1. The lowest BCUT2D eigenvalue weighted by atomic mass is 10.0. The van der Waals surface area contributed by atoms with Gasteiger partial charge in [-0.05, 0) is 32.1 Å². The minimum atomic E-state index is -1.13. The Morgan fingerprint density at radius 2 is 0.982 bits per heavy atom. The van der Waals surface area contributed by atoms with Crippen molar-refractivity contribution in [1.29, 1.82) is 0 Å². The number of carbonyl (C=O) groups is 3. The van der Waals surface area contributed by atoms with Crippen molar-refractivity contribution >= 4 is 17.9 Å². The van der Waals surface area contributed by atoms with E-state index in [1.165, 1.54) is 83.5 Å². The van der Waals surface area contributed by atoms with E-state index in [4.69, 9.17) is 14.2 Å². The van der Waals surface area contributed by atoms with Crippen LogP contribution in [-0.4, -0.2) is 75.5 Å². The van der Waals surface area contributed by atoms with Gasteiger partial charge < -0.3 is 28.6 Å². The number of carboxylic acid groups (broad SMARTS) is 1. The fraction of sp³-hybridized carbons (Fsp3) is 0.694. The van der Waals surface area contributed by atoms with Gasteiger partial charge in [-0.15, -0.1) is 0 Å². The van der Waals surface area contributed by atoms with Gasteiger partial charge in [-0.25, -0.2) is 0 Å². The molecule has 0 saturated carbocycles. The Balaban J connectivity index is 4.43. The number of likely N-dealkylation sites (N-methyl/N-ethyl adjacent to an activating group) is 1. The number of aliphatic carboxylic acids is 1. The molecule has 0 saturated heterocycles. The lowest BCUT2D eigenvalue weighted by molar-refractivity contribution is -0.889. The molecular weight excluding hydrogens is 715 g/mol. The van der Waals surface area contributed by atoms with Crippen molar-refractivity contribution < 1.29 is 38.2 Å². The molecule has 0 spiro atoms. The summed E-state index contributed by atoms with van der Waals surface area (Å²) in [6.45, 7) is 4.47. The maximum absolute atomic E-state index is 12.7. The van der Waals surface area contributed by atoms with Gasteiger partial charge in [-0.3, -0.25) is 9.59 Å². The molecule has 0 aromatic carbocycles. The molecule has 8 heteroatoms. The number of esters is 2. The van der Waals surface area contributed by atoms with Crippen molar-refractivity contribution in [3.63, 3.8) is 0 Å². The Hall–Kier alpha value is -3.23. The molecule has 57 heavy (non-hydrogen) atoms. The number of ether oxygens (including phenoxy) is 3. The zero-order valence-corrected chi connectivity index (χ0v) is 37.0. The fourth-order valence-electron chi connectivity index (χ4n) is 6.28. The molecule has 0 aromatic heterocycles. The number of carbonyl (C=O) groups excluding carboxylic acids is 3. The van der Waals surface area contributed by atoms with E-state index in [-0.39, 0.29) is 42.7 Å². The quantitative estimate of drug-likeness (QED) is 0.0264. The van der Waals surface area contributed by atoms with Gasteiger partial charge in [0, 0.05) is 19.3 Å². The van der Waals surface area contributed by atoms with Gasteiger partial charge in [-0.1, -0.05) is 189 Å². The molecule has 2 unspecified atom stereocenters. The summed E-state index contributed by atoms with van der Waals surface area (Å²) in [5, 5.41) is 11.6. The standard InChI is InChI=1S/C49H83NO7/c1-6-8-10-12-14-16-18-20-22-24-26-27-29-31-33-35-37-39-47(51)56-44-45(43-55-42-41-46(49(53)54)50(3,4)5)57-48(52)40-38-36-34-32-30-28-25-23-21-19-17-15-13-11-9-7-2/h8,10,12,14,16,18,20,22,24,26-27,29,45-46H,6-7,9,11,13,15,17,19,21,23,25,28,30-44H2,1-5H3/b10-8+,14-12+,18-16+,22-20+,26-24+,29-27+. The van der Waals surface area contributed by atoms with Gasteiger partial charge in [0.05, 0.1) is 40.3 Å². The smallest absolute Gasteiger partial charge is 0.306 e. The molecule has 8 nitrogen and oxygen atoms in total. The highest BCUT2D eigenvalue weighted by molar-refractivity contribution is 5.70. The molecule has 0 fully saturated rings. The summed E-state index contributed by atoms with van der Waals surface area (Å²) in [6, 6.07) is -0.735. The number of quaternary nitrogens is 1. The molecule has 0 heterocycles. The SMILES string of the molecule is CC/C=C/C=C/C=C/C=C/C=C/C=C/CCCCCC(=O)OCC(COCCC(C(=O)[O-])[N+](C)(C)C)OC(=O)CCCCCCCCCCCCCCCCCC. The number of allylic oxidation sites excluding steroid dienone is 12. The Bertz CT molecular complexity index is 1160. The van der Waals surface area contributed by atoms with Crippen molar-refractivity contribution in [2.45, 2.75) is 180 Å². The van der Waals surface area contributed by atoms with Gasteiger partial charge in [0.1, 0.15) is 12.6 Å². The lowest BCUT2D eigenvalue weighted by Crippen LogP contribution is -2.55. The molecule has 0 radical (unpaired) electrons. The van der Waals surface area contributed by atoms with Crippen LogP contribution < -0.4 is 5.11 Å². The lowest BCUT2D eigenvalue weighted by Gasteiger charge is -2.34. The van der Waals surface area contributed by atoms with E-state index in [1.807, 2.05) is 60.8 Å². The molecule has 0 N–H and O–H groups in total. The van der Waals surface area contributed by atoms with Crippen LogP contribution in [0.25, 0.3) is 0 Å². The van der Waals surface area contributed by atoms with Crippen LogP contribution in [0, 0.1) is 0 Å². The molecule has 0 rings (SSSR count). The van der Waals surface area contributed by atoms with Crippen molar-refractivity contribution in [3.8, 4) is 0 Å². The second kappa shape index (κ2) is 39.6. The van der Waals surface area contributed by atoms with Crippen LogP contribution in [0.4, 0.5) is 0 Å². The van der Waals surface area contributed by atoms with Crippen LogP contribution in [0.2, 0.25) is 0 Å². The minimum absolute atomic E-state index is 0.0243. The number of unbranched alkanes of at least 4 members (excludes halogenated alkanes) is 18. The second-order valence-electron chi connectivity index (χ2n) is 16.1. The van der Waals surface area contributed by atoms with Crippen molar-refractivity contribution in [2.75, 3.05) is 41.0 Å².